The van der Waals surface area contributed by atoms with Gasteiger partial charge in [-0.25, -0.2) is 0 Å². The first-order valence-corrected chi connectivity index (χ1v) is 11.6. The minimum atomic E-state index is 0.175. The van der Waals surface area contributed by atoms with Crippen LogP contribution in [0.4, 0.5) is 0 Å². The van der Waals surface area contributed by atoms with Gasteiger partial charge in [0.1, 0.15) is 0 Å². The lowest BCUT2D eigenvalue weighted by atomic mass is 10.0. The maximum absolute atomic E-state index is 12.6. The first kappa shape index (κ1) is 20.6. The topological polar surface area (TPSA) is 63.9 Å². The SMILES string of the molecule is CCc1cccc(CC)c1-n1c(SCC(=O)N2CCCC2)nnc1-c1cccnc1. The predicted octanol–water partition coefficient (Wildman–Crippen LogP) is 4.17. The number of benzene rings is 1. The summed E-state index contributed by atoms with van der Waals surface area (Å²) >= 11 is 1.47. The number of rotatable bonds is 7. The molecular formula is C23H27N5OS. The molecule has 0 radical (unpaired) electrons. The zero-order valence-electron chi connectivity index (χ0n) is 17.5. The van der Waals surface area contributed by atoms with E-state index in [1.807, 2.05) is 23.2 Å². The average molecular weight is 422 g/mol. The van der Waals surface area contributed by atoms with E-state index in [1.54, 1.807) is 6.20 Å². The molecule has 2 aromatic heterocycles. The molecule has 1 fully saturated rings. The van der Waals surface area contributed by atoms with E-state index in [2.05, 4.69) is 51.8 Å². The molecule has 7 heteroatoms. The van der Waals surface area contributed by atoms with Gasteiger partial charge in [0.25, 0.3) is 0 Å². The number of nitrogens with zero attached hydrogens (tertiary/aromatic N) is 5. The Hall–Kier alpha value is -2.67. The Balaban J connectivity index is 1.77. The first-order chi connectivity index (χ1) is 14.7. The van der Waals surface area contributed by atoms with E-state index in [1.165, 1.54) is 22.9 Å². The third-order valence-electron chi connectivity index (χ3n) is 5.53. The maximum Gasteiger partial charge on any atom is 0.233 e. The summed E-state index contributed by atoms with van der Waals surface area (Å²) in [7, 11) is 0. The van der Waals surface area contributed by atoms with Gasteiger partial charge in [-0.05, 0) is 48.9 Å². The zero-order valence-corrected chi connectivity index (χ0v) is 18.4. The van der Waals surface area contributed by atoms with Crippen LogP contribution in [0, 0.1) is 0 Å². The van der Waals surface area contributed by atoms with Crippen molar-refractivity contribution in [1.82, 2.24) is 24.6 Å². The molecule has 0 unspecified atom stereocenters. The number of carbonyl (C=O) groups is 1. The Labute approximate surface area is 181 Å². The van der Waals surface area contributed by atoms with Gasteiger partial charge < -0.3 is 4.90 Å². The van der Waals surface area contributed by atoms with Crippen molar-refractivity contribution in [2.45, 2.75) is 44.7 Å². The van der Waals surface area contributed by atoms with Crippen molar-refractivity contribution in [3.05, 3.63) is 53.9 Å². The molecule has 3 aromatic rings. The van der Waals surface area contributed by atoms with Crippen molar-refractivity contribution in [2.24, 2.45) is 0 Å². The highest BCUT2D eigenvalue weighted by molar-refractivity contribution is 7.99. The summed E-state index contributed by atoms with van der Waals surface area (Å²) in [5, 5.41) is 9.76. The number of para-hydroxylation sites is 1. The fourth-order valence-electron chi connectivity index (χ4n) is 3.93. The number of aromatic nitrogens is 4. The Morgan fingerprint density at radius 3 is 2.40 bits per heavy atom. The molecule has 30 heavy (non-hydrogen) atoms. The molecule has 4 rings (SSSR count). The van der Waals surface area contributed by atoms with Gasteiger partial charge in [0, 0.05) is 31.0 Å². The summed E-state index contributed by atoms with van der Waals surface area (Å²) in [6.07, 6.45) is 7.58. The van der Waals surface area contributed by atoms with Crippen molar-refractivity contribution < 1.29 is 4.79 Å². The third kappa shape index (κ3) is 4.12. The highest BCUT2D eigenvalue weighted by Crippen LogP contribution is 2.32. The highest BCUT2D eigenvalue weighted by atomic mass is 32.2. The zero-order chi connectivity index (χ0) is 20.9. The summed E-state index contributed by atoms with van der Waals surface area (Å²) in [4.78, 5) is 18.8. The molecule has 0 spiro atoms. The number of carbonyl (C=O) groups excluding carboxylic acids is 1. The van der Waals surface area contributed by atoms with Crippen LogP contribution in [0.2, 0.25) is 0 Å². The summed E-state index contributed by atoms with van der Waals surface area (Å²) < 4.78 is 2.12. The molecule has 1 aliphatic rings. The Kier molecular flexibility index (Phi) is 6.47. The molecule has 6 nitrogen and oxygen atoms in total. The third-order valence-corrected chi connectivity index (χ3v) is 6.44. The Bertz CT molecular complexity index is 989. The second kappa shape index (κ2) is 9.43. The van der Waals surface area contributed by atoms with Gasteiger partial charge in [-0.2, -0.15) is 0 Å². The van der Waals surface area contributed by atoms with Gasteiger partial charge in [-0.15, -0.1) is 10.2 Å². The molecule has 1 aromatic carbocycles. The average Bonchev–Trinajstić information content (AvgIpc) is 3.47. The van der Waals surface area contributed by atoms with Crippen LogP contribution >= 0.6 is 11.8 Å². The number of amides is 1. The monoisotopic (exact) mass is 421 g/mol. The molecule has 0 N–H and O–H groups in total. The van der Waals surface area contributed by atoms with Gasteiger partial charge in [-0.1, -0.05) is 43.8 Å². The second-order valence-electron chi connectivity index (χ2n) is 7.39. The minimum absolute atomic E-state index is 0.175. The second-order valence-corrected chi connectivity index (χ2v) is 8.33. The van der Waals surface area contributed by atoms with Crippen molar-refractivity contribution in [2.75, 3.05) is 18.8 Å². The van der Waals surface area contributed by atoms with E-state index in [4.69, 9.17) is 0 Å². The largest absolute Gasteiger partial charge is 0.342 e. The molecule has 0 bridgehead atoms. The fraction of sp³-hybridized carbons (Fsp3) is 0.391. The molecule has 3 heterocycles. The van der Waals surface area contributed by atoms with Crippen LogP contribution < -0.4 is 0 Å². The van der Waals surface area contributed by atoms with Crippen molar-refractivity contribution >= 4 is 17.7 Å². The van der Waals surface area contributed by atoms with E-state index in [9.17, 15) is 4.79 Å². The summed E-state index contributed by atoms with van der Waals surface area (Å²) in [5.41, 5.74) is 4.53. The molecule has 156 valence electrons. The smallest absolute Gasteiger partial charge is 0.233 e. The van der Waals surface area contributed by atoms with Crippen LogP contribution in [0.15, 0.2) is 47.9 Å². The minimum Gasteiger partial charge on any atom is -0.342 e. The number of pyridine rings is 1. The van der Waals surface area contributed by atoms with E-state index in [-0.39, 0.29) is 5.91 Å². The predicted molar refractivity (Wildman–Crippen MR) is 120 cm³/mol. The van der Waals surface area contributed by atoms with Crippen molar-refractivity contribution in [1.29, 1.82) is 0 Å². The number of thioether (sulfide) groups is 1. The number of likely N-dealkylation sites (tertiary alicyclic amines) is 1. The normalized spacial score (nSPS) is 13.7. The molecule has 1 aliphatic heterocycles. The molecule has 1 amide bonds. The maximum atomic E-state index is 12.6. The van der Waals surface area contributed by atoms with Crippen LogP contribution in [0.5, 0.6) is 0 Å². The number of aryl methyl sites for hydroxylation is 2. The number of hydrogen-bond acceptors (Lipinski definition) is 5. The first-order valence-electron chi connectivity index (χ1n) is 10.6. The molecular weight excluding hydrogens is 394 g/mol. The van der Waals surface area contributed by atoms with Crippen LogP contribution in [-0.2, 0) is 17.6 Å². The highest BCUT2D eigenvalue weighted by Gasteiger charge is 2.23. The van der Waals surface area contributed by atoms with E-state index < -0.39 is 0 Å². The van der Waals surface area contributed by atoms with E-state index >= 15 is 0 Å². The van der Waals surface area contributed by atoms with Crippen molar-refractivity contribution in [3.63, 3.8) is 0 Å². The van der Waals surface area contributed by atoms with Gasteiger partial charge >= 0.3 is 0 Å². The lowest BCUT2D eigenvalue weighted by molar-refractivity contribution is -0.127. The fourth-order valence-corrected chi connectivity index (χ4v) is 4.77. The van der Waals surface area contributed by atoms with E-state index in [0.717, 1.165) is 61.0 Å². The van der Waals surface area contributed by atoms with Gasteiger partial charge in [0.15, 0.2) is 11.0 Å². The number of hydrogen-bond donors (Lipinski definition) is 0. The van der Waals surface area contributed by atoms with Gasteiger partial charge in [-0.3, -0.25) is 14.3 Å². The lowest BCUT2D eigenvalue weighted by Gasteiger charge is -2.18. The quantitative estimate of drug-likeness (QED) is 0.536. The Morgan fingerprint density at radius 1 is 1.03 bits per heavy atom. The van der Waals surface area contributed by atoms with Crippen LogP contribution in [-0.4, -0.2) is 49.4 Å². The van der Waals surface area contributed by atoms with Gasteiger partial charge in [0.2, 0.25) is 5.91 Å². The van der Waals surface area contributed by atoms with E-state index in [0.29, 0.717) is 5.75 Å². The van der Waals surface area contributed by atoms with Crippen molar-refractivity contribution in [3.8, 4) is 17.1 Å². The van der Waals surface area contributed by atoms with Crippen LogP contribution in [0.1, 0.15) is 37.8 Å². The molecule has 0 atom stereocenters. The van der Waals surface area contributed by atoms with Crippen LogP contribution in [0.3, 0.4) is 0 Å². The lowest BCUT2D eigenvalue weighted by Crippen LogP contribution is -2.29. The standard InChI is InChI=1S/C23H27N5OS/c1-3-17-9-7-10-18(4-2)21(17)28-22(19-11-8-12-24-15-19)25-26-23(28)30-16-20(29)27-13-5-6-14-27/h7-12,15H,3-6,13-14,16H2,1-2H3. The molecule has 0 saturated carbocycles. The van der Waals surface area contributed by atoms with Gasteiger partial charge in [0.05, 0.1) is 11.4 Å². The summed E-state index contributed by atoms with van der Waals surface area (Å²) in [6.45, 7) is 6.06. The summed E-state index contributed by atoms with van der Waals surface area (Å²) in [5.74, 6) is 1.31. The Morgan fingerprint density at radius 2 is 1.77 bits per heavy atom. The molecule has 1 saturated heterocycles. The molecule has 0 aliphatic carbocycles. The summed E-state index contributed by atoms with van der Waals surface area (Å²) in [6, 6.07) is 10.3. The van der Waals surface area contributed by atoms with Crippen LogP contribution in [0.25, 0.3) is 17.1 Å².